The number of halogens is 1. The monoisotopic (exact) mass is 303 g/mol. The Morgan fingerprint density at radius 1 is 1.56 bits per heavy atom. The largest absolute Gasteiger partial charge is 0.383 e. The zero-order chi connectivity index (χ0) is 13.0. The Balaban J connectivity index is 2.03. The lowest BCUT2D eigenvalue weighted by Crippen LogP contribution is -2.38. The summed E-state index contributed by atoms with van der Waals surface area (Å²) < 4.78 is 7.39. The minimum absolute atomic E-state index is 0.0277. The minimum atomic E-state index is -0.0458. The van der Waals surface area contributed by atoms with Crippen LogP contribution in [0.4, 0.5) is 0 Å². The maximum atomic E-state index is 12.1. The summed E-state index contributed by atoms with van der Waals surface area (Å²) in [5.74, 6) is 0.462. The molecule has 0 aliphatic heterocycles. The summed E-state index contributed by atoms with van der Waals surface area (Å²) >= 11 is 8.87. The molecule has 0 fully saturated rings. The van der Waals surface area contributed by atoms with Crippen molar-refractivity contribution in [1.82, 2.24) is 5.32 Å². The zero-order valence-electron chi connectivity index (χ0n) is 9.94. The van der Waals surface area contributed by atoms with Crippen LogP contribution in [0.2, 0.25) is 0 Å². The predicted molar refractivity (Wildman–Crippen MR) is 78.2 cm³/mol. The van der Waals surface area contributed by atoms with Gasteiger partial charge in [-0.25, -0.2) is 0 Å². The number of ether oxygens (including phenoxy) is 1. The Morgan fingerprint density at radius 2 is 2.39 bits per heavy atom. The quantitative estimate of drug-likeness (QED) is 0.831. The van der Waals surface area contributed by atoms with E-state index in [1.165, 1.54) is 11.3 Å². The third-order valence-electron chi connectivity index (χ3n) is 2.52. The van der Waals surface area contributed by atoms with Gasteiger partial charge in [0, 0.05) is 22.4 Å². The van der Waals surface area contributed by atoms with Crippen LogP contribution in [0, 0.1) is 0 Å². The Bertz CT molecular complexity index is 488. The van der Waals surface area contributed by atoms with Crippen molar-refractivity contribution in [2.24, 2.45) is 0 Å². The van der Waals surface area contributed by atoms with Crippen LogP contribution in [0.5, 0.6) is 0 Å². The summed E-state index contributed by atoms with van der Waals surface area (Å²) in [5.41, 5.74) is 0. The molecule has 6 heteroatoms. The molecule has 2 heterocycles. The molecule has 0 saturated heterocycles. The van der Waals surface area contributed by atoms with Gasteiger partial charge in [-0.15, -0.1) is 34.3 Å². The number of hydrogen-bond acceptors (Lipinski definition) is 4. The number of alkyl halides is 1. The highest BCUT2D eigenvalue weighted by atomic mass is 35.5. The standard InChI is InChI=1S/C12H14ClNO2S2/c1-16-7-8(2-4-13)14-12(15)11-6-10-9(18-11)3-5-17-10/h3,5-6,8H,2,4,7H2,1H3,(H,14,15). The van der Waals surface area contributed by atoms with Crippen LogP contribution in [0.25, 0.3) is 9.40 Å². The zero-order valence-corrected chi connectivity index (χ0v) is 12.3. The van der Waals surface area contributed by atoms with Crippen LogP contribution in [0.15, 0.2) is 17.5 Å². The number of amides is 1. The fourth-order valence-corrected chi connectivity index (χ4v) is 3.94. The normalized spacial score (nSPS) is 12.8. The van der Waals surface area contributed by atoms with Gasteiger partial charge in [-0.05, 0) is 23.9 Å². The highest BCUT2D eigenvalue weighted by Crippen LogP contribution is 2.29. The van der Waals surface area contributed by atoms with Crippen molar-refractivity contribution in [3.63, 3.8) is 0 Å². The molecule has 0 aliphatic rings. The van der Waals surface area contributed by atoms with E-state index in [0.29, 0.717) is 18.9 Å². The third kappa shape index (κ3) is 3.23. The Kier molecular flexibility index (Phi) is 5.00. The summed E-state index contributed by atoms with van der Waals surface area (Å²) in [4.78, 5) is 12.8. The molecule has 0 bridgehead atoms. The van der Waals surface area contributed by atoms with E-state index in [9.17, 15) is 4.79 Å². The molecule has 2 aromatic heterocycles. The molecule has 18 heavy (non-hydrogen) atoms. The van der Waals surface area contributed by atoms with Crippen molar-refractivity contribution in [2.45, 2.75) is 12.5 Å². The highest BCUT2D eigenvalue weighted by Gasteiger charge is 2.15. The number of fused-ring (bicyclic) bond motifs is 1. The van der Waals surface area contributed by atoms with E-state index in [0.717, 1.165) is 14.3 Å². The van der Waals surface area contributed by atoms with Crippen LogP contribution < -0.4 is 5.32 Å². The topological polar surface area (TPSA) is 38.3 Å². The van der Waals surface area contributed by atoms with E-state index in [1.54, 1.807) is 18.4 Å². The van der Waals surface area contributed by atoms with Crippen LogP contribution in [-0.2, 0) is 4.74 Å². The number of thiophene rings is 2. The molecular weight excluding hydrogens is 290 g/mol. The minimum Gasteiger partial charge on any atom is -0.383 e. The lowest BCUT2D eigenvalue weighted by Gasteiger charge is -2.15. The van der Waals surface area contributed by atoms with E-state index >= 15 is 0 Å². The van der Waals surface area contributed by atoms with E-state index in [4.69, 9.17) is 16.3 Å². The first-order valence-electron chi connectivity index (χ1n) is 5.57. The second-order valence-electron chi connectivity index (χ2n) is 3.86. The molecule has 0 spiro atoms. The SMILES string of the molecule is COCC(CCCl)NC(=O)c1cc2sccc2s1. The molecule has 0 saturated carbocycles. The summed E-state index contributed by atoms with van der Waals surface area (Å²) in [5, 5.41) is 4.98. The Morgan fingerprint density at radius 3 is 3.06 bits per heavy atom. The predicted octanol–water partition coefficient (Wildman–Crippen LogP) is 3.34. The first-order valence-corrected chi connectivity index (χ1v) is 7.80. The molecule has 2 aromatic rings. The van der Waals surface area contributed by atoms with Crippen LogP contribution in [-0.4, -0.2) is 31.5 Å². The van der Waals surface area contributed by atoms with Crippen molar-refractivity contribution < 1.29 is 9.53 Å². The van der Waals surface area contributed by atoms with Gasteiger partial charge < -0.3 is 10.1 Å². The number of rotatable bonds is 6. The number of methoxy groups -OCH3 is 1. The summed E-state index contributed by atoms with van der Waals surface area (Å²) in [6, 6.07) is 3.94. The van der Waals surface area contributed by atoms with Gasteiger partial charge in [0.05, 0.1) is 17.5 Å². The lowest BCUT2D eigenvalue weighted by atomic mass is 10.2. The van der Waals surface area contributed by atoms with Crippen LogP contribution in [0.3, 0.4) is 0 Å². The van der Waals surface area contributed by atoms with Crippen LogP contribution >= 0.6 is 34.3 Å². The fraction of sp³-hybridized carbons (Fsp3) is 0.417. The molecule has 1 atom stereocenters. The number of carbonyl (C=O) groups is 1. The lowest BCUT2D eigenvalue weighted by molar-refractivity contribution is 0.0899. The molecule has 98 valence electrons. The van der Waals surface area contributed by atoms with E-state index in [2.05, 4.69) is 5.32 Å². The Labute approximate surface area is 119 Å². The highest BCUT2D eigenvalue weighted by molar-refractivity contribution is 7.27. The number of hydrogen-bond donors (Lipinski definition) is 1. The molecule has 0 aliphatic carbocycles. The van der Waals surface area contributed by atoms with Gasteiger partial charge in [0.2, 0.25) is 0 Å². The molecule has 0 radical (unpaired) electrons. The maximum Gasteiger partial charge on any atom is 0.261 e. The van der Waals surface area contributed by atoms with E-state index in [1.807, 2.05) is 17.5 Å². The second-order valence-corrected chi connectivity index (χ2v) is 6.27. The van der Waals surface area contributed by atoms with Gasteiger partial charge in [0.25, 0.3) is 5.91 Å². The van der Waals surface area contributed by atoms with Crippen molar-refractivity contribution in [2.75, 3.05) is 19.6 Å². The summed E-state index contributed by atoms with van der Waals surface area (Å²) in [7, 11) is 1.62. The van der Waals surface area contributed by atoms with Crippen molar-refractivity contribution in [3.05, 3.63) is 22.4 Å². The molecular formula is C12H14ClNO2S2. The first-order chi connectivity index (χ1) is 8.74. The van der Waals surface area contributed by atoms with Crippen molar-refractivity contribution in [3.8, 4) is 0 Å². The summed E-state index contributed by atoms with van der Waals surface area (Å²) in [6.07, 6.45) is 0.709. The van der Waals surface area contributed by atoms with Crippen molar-refractivity contribution in [1.29, 1.82) is 0 Å². The molecule has 1 unspecified atom stereocenters. The van der Waals surface area contributed by atoms with Gasteiger partial charge in [-0.1, -0.05) is 0 Å². The maximum absolute atomic E-state index is 12.1. The molecule has 1 N–H and O–H groups in total. The third-order valence-corrected chi connectivity index (χ3v) is 4.83. The Hall–Kier alpha value is -0.620. The molecule has 0 aromatic carbocycles. The fourth-order valence-electron chi connectivity index (χ4n) is 1.66. The molecule has 1 amide bonds. The molecule has 3 nitrogen and oxygen atoms in total. The smallest absolute Gasteiger partial charge is 0.261 e. The van der Waals surface area contributed by atoms with Gasteiger partial charge in [-0.3, -0.25) is 4.79 Å². The van der Waals surface area contributed by atoms with Gasteiger partial charge in [0.15, 0.2) is 0 Å². The van der Waals surface area contributed by atoms with Crippen LogP contribution in [0.1, 0.15) is 16.1 Å². The number of nitrogens with one attached hydrogen (secondary N) is 1. The van der Waals surface area contributed by atoms with E-state index < -0.39 is 0 Å². The van der Waals surface area contributed by atoms with E-state index in [-0.39, 0.29) is 11.9 Å². The van der Waals surface area contributed by atoms with Gasteiger partial charge >= 0.3 is 0 Å². The number of carbonyl (C=O) groups excluding carboxylic acids is 1. The average Bonchev–Trinajstić information content (AvgIpc) is 2.89. The van der Waals surface area contributed by atoms with Gasteiger partial charge in [0.1, 0.15) is 0 Å². The molecule has 2 rings (SSSR count). The first kappa shape index (κ1) is 13.8. The second kappa shape index (κ2) is 6.52. The summed E-state index contributed by atoms with van der Waals surface area (Å²) in [6.45, 7) is 0.484. The van der Waals surface area contributed by atoms with Gasteiger partial charge in [-0.2, -0.15) is 0 Å². The average molecular weight is 304 g/mol. The van der Waals surface area contributed by atoms with Crippen molar-refractivity contribution >= 4 is 49.6 Å².